The number of aliphatic carboxylic acids is 1. The zero-order valence-electron chi connectivity index (χ0n) is 16.2. The summed E-state index contributed by atoms with van der Waals surface area (Å²) in [5.74, 6) is -0.860. The van der Waals surface area contributed by atoms with Crippen LogP contribution in [0.2, 0.25) is 0 Å². The summed E-state index contributed by atoms with van der Waals surface area (Å²) >= 11 is 0. The Morgan fingerprint density at radius 2 is 2.12 bits per heavy atom. The van der Waals surface area contributed by atoms with E-state index in [0.29, 0.717) is 38.8 Å². The van der Waals surface area contributed by atoms with E-state index in [1.54, 1.807) is 16.8 Å². The molecule has 8 nitrogen and oxygen atoms in total. The first-order valence-corrected chi connectivity index (χ1v) is 9.78. The molecule has 2 unspecified atom stereocenters. The highest BCUT2D eigenvalue weighted by atomic mass is 16.5. The Labute approximate surface area is 156 Å². The first kappa shape index (κ1) is 20.9. The molecule has 0 saturated carbocycles. The standard InChI is InChI=1S/C18H34N4O4/c1-3-15-6-4-5-8-21(15)9-7-19-18(25)22-10-11-26-16(13-22)12-20(2)14-17(23)24/h15-16H,3-14H2,1-2H3,(H,19,25)(H,23,24). The summed E-state index contributed by atoms with van der Waals surface area (Å²) in [4.78, 5) is 29.2. The predicted octanol–water partition coefficient (Wildman–Crippen LogP) is 0.678. The van der Waals surface area contributed by atoms with Gasteiger partial charge in [-0.3, -0.25) is 14.6 Å². The third-order valence-electron chi connectivity index (χ3n) is 5.24. The van der Waals surface area contributed by atoms with Crippen molar-refractivity contribution in [1.29, 1.82) is 0 Å². The van der Waals surface area contributed by atoms with Gasteiger partial charge >= 0.3 is 12.0 Å². The molecule has 2 atom stereocenters. The van der Waals surface area contributed by atoms with E-state index in [1.807, 2.05) is 0 Å². The molecule has 2 saturated heterocycles. The Balaban J connectivity index is 1.70. The average Bonchev–Trinajstić information content (AvgIpc) is 2.61. The number of carbonyl (C=O) groups is 2. The fraction of sp³-hybridized carbons (Fsp3) is 0.889. The van der Waals surface area contributed by atoms with Crippen LogP contribution >= 0.6 is 0 Å². The van der Waals surface area contributed by atoms with E-state index >= 15 is 0 Å². The van der Waals surface area contributed by atoms with Crippen LogP contribution < -0.4 is 5.32 Å². The highest BCUT2D eigenvalue weighted by Gasteiger charge is 2.26. The number of rotatable bonds is 8. The predicted molar refractivity (Wildman–Crippen MR) is 99.3 cm³/mol. The molecule has 0 aromatic carbocycles. The lowest BCUT2D eigenvalue weighted by Crippen LogP contribution is -2.53. The molecule has 2 amide bonds. The van der Waals surface area contributed by atoms with Gasteiger partial charge in [-0.25, -0.2) is 4.79 Å². The van der Waals surface area contributed by atoms with Crippen LogP contribution in [0.1, 0.15) is 32.6 Å². The van der Waals surface area contributed by atoms with Gasteiger partial charge in [0.2, 0.25) is 0 Å². The number of hydrogen-bond donors (Lipinski definition) is 2. The Morgan fingerprint density at radius 1 is 1.31 bits per heavy atom. The molecule has 2 N–H and O–H groups in total. The van der Waals surface area contributed by atoms with E-state index in [-0.39, 0.29) is 18.7 Å². The zero-order valence-corrected chi connectivity index (χ0v) is 16.2. The average molecular weight is 370 g/mol. The van der Waals surface area contributed by atoms with Crippen LogP contribution in [0.25, 0.3) is 0 Å². The molecular weight excluding hydrogens is 336 g/mol. The molecule has 2 aliphatic heterocycles. The Bertz CT molecular complexity index is 462. The number of amides is 2. The maximum absolute atomic E-state index is 12.4. The minimum absolute atomic E-state index is 0.0273. The number of carboxylic acid groups (broad SMARTS) is 1. The van der Waals surface area contributed by atoms with Gasteiger partial charge in [-0.15, -0.1) is 0 Å². The number of nitrogens with zero attached hydrogens (tertiary/aromatic N) is 3. The topological polar surface area (TPSA) is 85.4 Å². The molecule has 0 aromatic heterocycles. The molecule has 8 heteroatoms. The number of urea groups is 1. The summed E-state index contributed by atoms with van der Waals surface area (Å²) < 4.78 is 5.67. The number of hydrogen-bond acceptors (Lipinski definition) is 5. The highest BCUT2D eigenvalue weighted by Crippen LogP contribution is 2.18. The van der Waals surface area contributed by atoms with Crippen LogP contribution in [0.4, 0.5) is 4.79 Å². The van der Waals surface area contributed by atoms with E-state index in [1.165, 1.54) is 25.7 Å². The summed E-state index contributed by atoms with van der Waals surface area (Å²) in [5, 5.41) is 11.9. The third-order valence-corrected chi connectivity index (χ3v) is 5.24. The van der Waals surface area contributed by atoms with Gasteiger partial charge in [-0.05, 0) is 32.9 Å². The number of ether oxygens (including phenoxy) is 1. The van der Waals surface area contributed by atoms with Gasteiger partial charge in [0.1, 0.15) is 0 Å². The summed E-state index contributed by atoms with van der Waals surface area (Å²) in [6.07, 6.45) is 4.85. The van der Waals surface area contributed by atoms with Gasteiger partial charge in [0.15, 0.2) is 0 Å². The third kappa shape index (κ3) is 6.74. The van der Waals surface area contributed by atoms with Crippen LogP contribution in [0, 0.1) is 0 Å². The van der Waals surface area contributed by atoms with Crippen molar-refractivity contribution in [3.63, 3.8) is 0 Å². The normalized spacial score (nSPS) is 24.7. The van der Waals surface area contributed by atoms with Crippen molar-refractivity contribution < 1.29 is 19.4 Å². The molecule has 2 rings (SSSR count). The fourth-order valence-corrected chi connectivity index (χ4v) is 3.89. The number of likely N-dealkylation sites (tertiary alicyclic amines) is 1. The summed E-state index contributed by atoms with van der Waals surface area (Å²) in [6.45, 7) is 6.96. The molecule has 0 bridgehead atoms. The van der Waals surface area contributed by atoms with E-state index in [0.717, 1.165) is 13.1 Å². The molecular formula is C18H34N4O4. The molecule has 0 radical (unpaired) electrons. The lowest BCUT2D eigenvalue weighted by molar-refractivity contribution is -0.138. The van der Waals surface area contributed by atoms with Gasteiger partial charge in [0.05, 0.1) is 19.3 Å². The van der Waals surface area contributed by atoms with Gasteiger partial charge in [-0.1, -0.05) is 13.3 Å². The van der Waals surface area contributed by atoms with E-state index in [2.05, 4.69) is 17.1 Å². The minimum atomic E-state index is -0.860. The van der Waals surface area contributed by atoms with Crippen LogP contribution in [0.15, 0.2) is 0 Å². The Morgan fingerprint density at radius 3 is 2.85 bits per heavy atom. The maximum Gasteiger partial charge on any atom is 0.317 e. The zero-order chi connectivity index (χ0) is 18.9. The second-order valence-corrected chi connectivity index (χ2v) is 7.36. The van der Waals surface area contributed by atoms with Crippen LogP contribution in [-0.4, -0.2) is 103 Å². The Hall–Kier alpha value is -1.38. The molecule has 150 valence electrons. The molecule has 2 fully saturated rings. The van der Waals surface area contributed by atoms with Gasteiger partial charge in [0.25, 0.3) is 0 Å². The van der Waals surface area contributed by atoms with Crippen molar-refractivity contribution in [2.45, 2.75) is 44.8 Å². The lowest BCUT2D eigenvalue weighted by atomic mass is 10.0. The SMILES string of the molecule is CCC1CCCCN1CCNC(=O)N1CCOC(CN(C)CC(=O)O)C1. The lowest BCUT2D eigenvalue weighted by Gasteiger charge is -2.36. The molecule has 0 spiro atoms. The van der Waals surface area contributed by atoms with Crippen molar-refractivity contribution >= 4 is 12.0 Å². The molecule has 2 heterocycles. The van der Waals surface area contributed by atoms with Crippen molar-refractivity contribution in [3.05, 3.63) is 0 Å². The largest absolute Gasteiger partial charge is 0.480 e. The summed E-state index contributed by atoms with van der Waals surface area (Å²) in [6, 6.07) is 0.599. The van der Waals surface area contributed by atoms with E-state index in [4.69, 9.17) is 9.84 Å². The number of morpholine rings is 1. The Kier molecular flexibility index (Phi) is 8.61. The summed E-state index contributed by atoms with van der Waals surface area (Å²) in [7, 11) is 1.75. The quantitative estimate of drug-likeness (QED) is 0.654. The molecule has 0 aromatic rings. The highest BCUT2D eigenvalue weighted by molar-refractivity contribution is 5.74. The first-order valence-electron chi connectivity index (χ1n) is 9.78. The maximum atomic E-state index is 12.4. The smallest absolute Gasteiger partial charge is 0.317 e. The van der Waals surface area contributed by atoms with Gasteiger partial charge in [-0.2, -0.15) is 0 Å². The second kappa shape index (κ2) is 10.7. The second-order valence-electron chi connectivity index (χ2n) is 7.36. The van der Waals surface area contributed by atoms with Gasteiger partial charge in [0, 0.05) is 38.8 Å². The number of carbonyl (C=O) groups excluding carboxylic acids is 1. The first-order chi connectivity index (χ1) is 12.5. The fourth-order valence-electron chi connectivity index (χ4n) is 3.89. The summed E-state index contributed by atoms with van der Waals surface area (Å²) in [5.41, 5.74) is 0. The molecule has 26 heavy (non-hydrogen) atoms. The number of carboxylic acids is 1. The van der Waals surface area contributed by atoms with Crippen molar-refractivity contribution in [3.8, 4) is 0 Å². The molecule has 2 aliphatic rings. The molecule has 0 aliphatic carbocycles. The van der Waals surface area contributed by atoms with Crippen molar-refractivity contribution in [1.82, 2.24) is 20.0 Å². The number of piperidine rings is 1. The van der Waals surface area contributed by atoms with Crippen molar-refractivity contribution in [2.75, 3.05) is 59.5 Å². The van der Waals surface area contributed by atoms with Crippen LogP contribution in [-0.2, 0) is 9.53 Å². The van der Waals surface area contributed by atoms with E-state index < -0.39 is 5.97 Å². The van der Waals surface area contributed by atoms with Crippen LogP contribution in [0.3, 0.4) is 0 Å². The van der Waals surface area contributed by atoms with E-state index in [9.17, 15) is 9.59 Å². The number of nitrogens with one attached hydrogen (secondary N) is 1. The van der Waals surface area contributed by atoms with Crippen molar-refractivity contribution in [2.24, 2.45) is 0 Å². The monoisotopic (exact) mass is 370 g/mol. The van der Waals surface area contributed by atoms with Gasteiger partial charge < -0.3 is 20.1 Å². The van der Waals surface area contributed by atoms with Crippen LogP contribution in [0.5, 0.6) is 0 Å². The number of likely N-dealkylation sites (N-methyl/N-ethyl adjacent to an activating group) is 1. The minimum Gasteiger partial charge on any atom is -0.480 e.